The Kier molecular flexibility index (Phi) is 6.45. The highest BCUT2D eigenvalue weighted by molar-refractivity contribution is 6.46. The molecule has 0 radical (unpaired) electrons. The van der Waals surface area contributed by atoms with Gasteiger partial charge in [0.05, 0.1) is 36.4 Å². The van der Waals surface area contributed by atoms with Gasteiger partial charge in [-0.2, -0.15) is 0 Å². The predicted octanol–water partition coefficient (Wildman–Crippen LogP) is 4.20. The number of amides is 1. The minimum atomic E-state index is -0.888. The Labute approximate surface area is 185 Å². The molecule has 1 saturated heterocycles. The summed E-state index contributed by atoms with van der Waals surface area (Å²) >= 11 is 6.27. The van der Waals surface area contributed by atoms with Crippen molar-refractivity contribution in [2.24, 2.45) is 0 Å². The number of phenolic OH excluding ortho intramolecular Hbond substituents is 1. The van der Waals surface area contributed by atoms with Crippen molar-refractivity contribution >= 4 is 29.1 Å². The van der Waals surface area contributed by atoms with Crippen molar-refractivity contribution in [1.82, 2.24) is 4.90 Å². The number of halogens is 1. The first kappa shape index (κ1) is 22.5. The van der Waals surface area contributed by atoms with Crippen molar-refractivity contribution in [3.63, 3.8) is 0 Å². The van der Waals surface area contributed by atoms with E-state index < -0.39 is 17.7 Å². The molecule has 3 rings (SSSR count). The average molecular weight is 446 g/mol. The highest BCUT2D eigenvalue weighted by atomic mass is 35.5. The van der Waals surface area contributed by atoms with E-state index in [1.54, 1.807) is 31.2 Å². The van der Waals surface area contributed by atoms with Gasteiger partial charge in [-0.1, -0.05) is 24.6 Å². The number of carbonyl (C=O) groups is 2. The number of carbonyl (C=O) groups excluding carboxylic acids is 2. The Bertz CT molecular complexity index is 1080. The highest BCUT2D eigenvalue weighted by Gasteiger charge is 2.46. The first-order chi connectivity index (χ1) is 14.7. The summed E-state index contributed by atoms with van der Waals surface area (Å²) in [6.07, 6.45) is 0.602. The largest absolute Gasteiger partial charge is 0.507 e. The average Bonchev–Trinajstić information content (AvgIpc) is 2.98. The fourth-order valence-corrected chi connectivity index (χ4v) is 4.18. The summed E-state index contributed by atoms with van der Waals surface area (Å²) in [6.45, 7) is 3.96. The maximum absolute atomic E-state index is 13.0. The molecule has 0 bridgehead atoms. The molecule has 1 fully saturated rings. The monoisotopic (exact) mass is 445 g/mol. The quantitative estimate of drug-likeness (QED) is 0.393. The molecule has 1 aliphatic rings. The first-order valence-corrected chi connectivity index (χ1v) is 10.1. The van der Waals surface area contributed by atoms with Crippen LogP contribution in [0.25, 0.3) is 5.76 Å². The van der Waals surface area contributed by atoms with E-state index in [2.05, 4.69) is 0 Å². The van der Waals surface area contributed by atoms with Gasteiger partial charge < -0.3 is 24.6 Å². The lowest BCUT2D eigenvalue weighted by molar-refractivity contribution is -0.139. The number of phenols is 1. The molecular weight excluding hydrogens is 422 g/mol. The van der Waals surface area contributed by atoms with Gasteiger partial charge in [0.1, 0.15) is 11.5 Å². The summed E-state index contributed by atoms with van der Waals surface area (Å²) in [5, 5.41) is 21.7. The topological polar surface area (TPSA) is 96.3 Å². The van der Waals surface area contributed by atoms with Crippen LogP contribution in [0.5, 0.6) is 17.2 Å². The smallest absolute Gasteiger partial charge is 0.295 e. The van der Waals surface area contributed by atoms with Crippen molar-refractivity contribution in [1.29, 1.82) is 0 Å². The Morgan fingerprint density at radius 1 is 1.16 bits per heavy atom. The molecule has 0 aliphatic carbocycles. The number of ether oxygens (including phenoxy) is 2. The molecule has 1 aliphatic heterocycles. The van der Waals surface area contributed by atoms with Crippen LogP contribution in [0.15, 0.2) is 35.9 Å². The second-order valence-electron chi connectivity index (χ2n) is 7.25. The number of methoxy groups -OCH3 is 2. The summed E-state index contributed by atoms with van der Waals surface area (Å²) < 4.78 is 10.4. The van der Waals surface area contributed by atoms with Crippen LogP contribution in [-0.4, -0.2) is 47.6 Å². The summed E-state index contributed by atoms with van der Waals surface area (Å²) in [6, 6.07) is 7.03. The molecule has 1 amide bonds. The molecule has 1 atom stereocenters. The molecule has 0 saturated carbocycles. The van der Waals surface area contributed by atoms with Crippen molar-refractivity contribution in [3.05, 3.63) is 57.6 Å². The van der Waals surface area contributed by atoms with E-state index >= 15 is 0 Å². The third-order valence-electron chi connectivity index (χ3n) is 5.17. The van der Waals surface area contributed by atoms with Gasteiger partial charge in [-0.25, -0.2) is 0 Å². The lowest BCUT2D eigenvalue weighted by atomic mass is 9.94. The van der Waals surface area contributed by atoms with Gasteiger partial charge in [-0.3, -0.25) is 9.59 Å². The molecule has 2 aromatic carbocycles. The molecule has 164 valence electrons. The number of hydrogen-bond donors (Lipinski definition) is 2. The number of aryl methyl sites for hydroxylation is 1. The van der Waals surface area contributed by atoms with E-state index in [9.17, 15) is 19.8 Å². The standard InChI is InChI=1S/C23H24ClNO6/c1-5-8-25-19(13-6-7-17(30-3)16(26)11-13)18(21(28)23(25)29)20(27)14-9-12(2)10-15(24)22(14)31-4/h6-7,9-11,19,26-27H,5,8H2,1-4H3/b20-18+. The van der Waals surface area contributed by atoms with E-state index in [4.69, 9.17) is 21.1 Å². The summed E-state index contributed by atoms with van der Waals surface area (Å²) in [7, 11) is 2.83. The molecule has 7 nitrogen and oxygen atoms in total. The molecular formula is C23H24ClNO6. The number of nitrogens with zero attached hydrogens (tertiary/aromatic N) is 1. The van der Waals surface area contributed by atoms with E-state index in [1.807, 2.05) is 6.92 Å². The van der Waals surface area contributed by atoms with Crippen LogP contribution < -0.4 is 9.47 Å². The Hall–Kier alpha value is -3.19. The molecule has 2 aromatic rings. The molecule has 31 heavy (non-hydrogen) atoms. The number of benzene rings is 2. The van der Waals surface area contributed by atoms with Crippen molar-refractivity contribution in [3.8, 4) is 17.2 Å². The summed E-state index contributed by atoms with van der Waals surface area (Å²) in [4.78, 5) is 27.2. The van der Waals surface area contributed by atoms with E-state index in [0.717, 1.165) is 5.56 Å². The van der Waals surface area contributed by atoms with Crippen molar-refractivity contribution in [2.75, 3.05) is 20.8 Å². The van der Waals surface area contributed by atoms with E-state index in [0.29, 0.717) is 18.5 Å². The number of ketones is 1. The Morgan fingerprint density at radius 2 is 1.87 bits per heavy atom. The maximum atomic E-state index is 13.0. The Balaban J connectivity index is 2.29. The van der Waals surface area contributed by atoms with Crippen LogP contribution in [0.4, 0.5) is 0 Å². The van der Waals surface area contributed by atoms with Gasteiger partial charge in [0.15, 0.2) is 11.5 Å². The minimum Gasteiger partial charge on any atom is -0.507 e. The van der Waals surface area contributed by atoms with Crippen LogP contribution in [-0.2, 0) is 9.59 Å². The van der Waals surface area contributed by atoms with Crippen LogP contribution in [0.1, 0.15) is 36.1 Å². The highest BCUT2D eigenvalue weighted by Crippen LogP contribution is 2.44. The third-order valence-corrected chi connectivity index (χ3v) is 5.45. The van der Waals surface area contributed by atoms with Gasteiger partial charge in [-0.05, 0) is 48.7 Å². The predicted molar refractivity (Wildman–Crippen MR) is 117 cm³/mol. The Morgan fingerprint density at radius 3 is 2.45 bits per heavy atom. The van der Waals surface area contributed by atoms with E-state index in [1.165, 1.54) is 25.2 Å². The van der Waals surface area contributed by atoms with Crippen LogP contribution in [0, 0.1) is 6.92 Å². The fourth-order valence-electron chi connectivity index (χ4n) is 3.83. The number of aliphatic hydroxyl groups excluding tert-OH is 1. The molecule has 1 heterocycles. The lowest BCUT2D eigenvalue weighted by Gasteiger charge is -2.25. The number of aliphatic hydroxyl groups is 1. The molecule has 2 N–H and O–H groups in total. The van der Waals surface area contributed by atoms with Crippen LogP contribution in [0.3, 0.4) is 0 Å². The summed E-state index contributed by atoms with van der Waals surface area (Å²) in [5.74, 6) is -1.61. The maximum Gasteiger partial charge on any atom is 0.295 e. The molecule has 0 spiro atoms. The molecule has 1 unspecified atom stereocenters. The second-order valence-corrected chi connectivity index (χ2v) is 7.66. The number of hydrogen-bond acceptors (Lipinski definition) is 6. The number of aromatic hydroxyl groups is 1. The van der Waals surface area contributed by atoms with Crippen molar-refractivity contribution < 1.29 is 29.3 Å². The third kappa shape index (κ3) is 3.93. The van der Waals surface area contributed by atoms with E-state index in [-0.39, 0.29) is 39.2 Å². The first-order valence-electron chi connectivity index (χ1n) is 9.74. The number of rotatable bonds is 6. The van der Waals surface area contributed by atoms with Gasteiger partial charge >= 0.3 is 0 Å². The zero-order valence-corrected chi connectivity index (χ0v) is 18.5. The van der Waals surface area contributed by atoms with Gasteiger partial charge in [0.2, 0.25) is 0 Å². The number of likely N-dealkylation sites (tertiary alicyclic amines) is 1. The van der Waals surface area contributed by atoms with Gasteiger partial charge in [0, 0.05) is 6.54 Å². The van der Waals surface area contributed by atoms with Gasteiger partial charge in [-0.15, -0.1) is 0 Å². The van der Waals surface area contributed by atoms with Crippen LogP contribution >= 0.6 is 11.6 Å². The second kappa shape index (κ2) is 8.89. The minimum absolute atomic E-state index is 0.0945. The van der Waals surface area contributed by atoms with Crippen molar-refractivity contribution in [2.45, 2.75) is 26.3 Å². The lowest BCUT2D eigenvalue weighted by Crippen LogP contribution is -2.30. The SMILES string of the molecule is CCCN1C(=O)C(=O)/C(=C(/O)c2cc(C)cc(Cl)c2OC)C1c1ccc(OC)c(O)c1. The van der Waals surface area contributed by atoms with Gasteiger partial charge in [0.25, 0.3) is 11.7 Å². The normalized spacial score (nSPS) is 17.8. The zero-order chi connectivity index (χ0) is 22.9. The molecule has 8 heteroatoms. The molecule has 0 aromatic heterocycles. The summed E-state index contributed by atoms with van der Waals surface area (Å²) in [5.41, 5.74) is 1.33. The zero-order valence-electron chi connectivity index (χ0n) is 17.7. The fraction of sp³-hybridized carbons (Fsp3) is 0.304. The van der Waals surface area contributed by atoms with Crippen LogP contribution in [0.2, 0.25) is 5.02 Å². The number of Topliss-reactive ketones (excluding diaryl/α,β-unsaturated/α-hetero) is 1.